The maximum Gasteiger partial charge on any atom is 0.346 e. The summed E-state index contributed by atoms with van der Waals surface area (Å²) in [6.45, 7) is 0.126. The summed E-state index contributed by atoms with van der Waals surface area (Å²) in [6.07, 6.45) is 0. The zero-order valence-corrected chi connectivity index (χ0v) is 12.0. The number of thiophene rings is 1. The molecular weight excluding hydrogens is 330 g/mol. The van der Waals surface area contributed by atoms with Gasteiger partial charge in [-0.3, -0.25) is 0 Å². The molecule has 0 unspecified atom stereocenters. The van der Waals surface area contributed by atoms with E-state index in [0.717, 1.165) is 15.8 Å². The van der Waals surface area contributed by atoms with Gasteiger partial charge in [-0.1, -0.05) is 15.9 Å². The number of carboxylic acids is 1. The van der Waals surface area contributed by atoms with Crippen LogP contribution in [-0.2, 0) is 6.61 Å². The molecule has 0 aliphatic carbocycles. The van der Waals surface area contributed by atoms with E-state index in [-0.39, 0.29) is 11.5 Å². The van der Waals surface area contributed by atoms with Gasteiger partial charge in [-0.05, 0) is 29.6 Å². The third-order valence-corrected chi connectivity index (χ3v) is 3.82. The van der Waals surface area contributed by atoms with Crippen LogP contribution < -0.4 is 4.74 Å². The van der Waals surface area contributed by atoms with Gasteiger partial charge in [0, 0.05) is 10.0 Å². The minimum Gasteiger partial charge on any atom is -0.487 e. The molecule has 0 amide bonds. The van der Waals surface area contributed by atoms with Crippen molar-refractivity contribution in [2.75, 3.05) is 0 Å². The molecule has 0 aliphatic rings. The van der Waals surface area contributed by atoms with Crippen molar-refractivity contribution < 1.29 is 14.6 Å². The molecule has 0 bridgehead atoms. The van der Waals surface area contributed by atoms with E-state index in [1.54, 1.807) is 29.6 Å². The lowest BCUT2D eigenvalue weighted by Gasteiger charge is -2.07. The lowest BCUT2D eigenvalue weighted by molar-refractivity contribution is 0.0699. The topological polar surface area (TPSA) is 70.3 Å². The second-order valence-corrected chi connectivity index (χ2v) is 5.45. The summed E-state index contributed by atoms with van der Waals surface area (Å²) >= 11 is 4.43. The molecule has 0 saturated heterocycles. The van der Waals surface area contributed by atoms with E-state index in [4.69, 9.17) is 15.1 Å². The molecule has 1 heterocycles. The summed E-state index contributed by atoms with van der Waals surface area (Å²) < 4.78 is 6.31. The van der Waals surface area contributed by atoms with Gasteiger partial charge >= 0.3 is 5.97 Å². The molecular formula is C13H8BrNO3S. The van der Waals surface area contributed by atoms with Crippen LogP contribution in [0.15, 0.2) is 34.1 Å². The summed E-state index contributed by atoms with van der Waals surface area (Å²) in [5.41, 5.74) is 1.01. The minimum atomic E-state index is -0.968. The van der Waals surface area contributed by atoms with Crippen LogP contribution in [0.25, 0.3) is 0 Å². The average Bonchev–Trinajstić information content (AvgIpc) is 2.85. The molecule has 1 N–H and O–H groups in total. The zero-order chi connectivity index (χ0) is 13.8. The molecule has 0 spiro atoms. The Balaban J connectivity index is 2.17. The lowest BCUT2D eigenvalue weighted by atomic mass is 10.2. The number of aromatic carboxylic acids is 1. The molecule has 19 heavy (non-hydrogen) atoms. The monoisotopic (exact) mass is 337 g/mol. The summed E-state index contributed by atoms with van der Waals surface area (Å²) in [7, 11) is 0. The largest absolute Gasteiger partial charge is 0.487 e. The number of rotatable bonds is 4. The fourth-order valence-electron chi connectivity index (χ4n) is 1.51. The van der Waals surface area contributed by atoms with E-state index < -0.39 is 5.97 Å². The third-order valence-electron chi connectivity index (χ3n) is 2.39. The number of nitriles is 1. The Morgan fingerprint density at radius 2 is 2.26 bits per heavy atom. The first kappa shape index (κ1) is 13.6. The number of ether oxygens (including phenoxy) is 1. The lowest BCUT2D eigenvalue weighted by Crippen LogP contribution is -2.02. The highest BCUT2D eigenvalue weighted by molar-refractivity contribution is 9.10. The summed E-state index contributed by atoms with van der Waals surface area (Å²) in [6, 6.07) is 8.84. The first-order valence-electron chi connectivity index (χ1n) is 5.24. The van der Waals surface area contributed by atoms with E-state index in [1.807, 2.05) is 6.07 Å². The molecule has 4 nitrogen and oxygen atoms in total. The van der Waals surface area contributed by atoms with Gasteiger partial charge in [-0.15, -0.1) is 11.3 Å². The third kappa shape index (κ3) is 3.13. The van der Waals surface area contributed by atoms with E-state index in [0.29, 0.717) is 16.9 Å². The Bertz CT molecular complexity index is 660. The first-order valence-corrected chi connectivity index (χ1v) is 6.91. The van der Waals surface area contributed by atoms with Gasteiger partial charge in [-0.2, -0.15) is 5.26 Å². The molecule has 0 fully saturated rings. The van der Waals surface area contributed by atoms with Crippen molar-refractivity contribution in [2.45, 2.75) is 6.61 Å². The van der Waals surface area contributed by atoms with Crippen molar-refractivity contribution in [3.8, 4) is 11.8 Å². The van der Waals surface area contributed by atoms with Gasteiger partial charge in [0.05, 0.1) is 5.56 Å². The Hall–Kier alpha value is -1.84. The van der Waals surface area contributed by atoms with Gasteiger partial charge in [-0.25, -0.2) is 4.79 Å². The van der Waals surface area contributed by atoms with Crippen LogP contribution >= 0.6 is 27.3 Å². The van der Waals surface area contributed by atoms with Crippen LogP contribution in [0.1, 0.15) is 20.8 Å². The number of halogens is 1. The Labute approximate surface area is 122 Å². The van der Waals surface area contributed by atoms with E-state index in [9.17, 15) is 4.79 Å². The van der Waals surface area contributed by atoms with Crippen molar-refractivity contribution in [2.24, 2.45) is 0 Å². The van der Waals surface area contributed by atoms with Crippen LogP contribution in [0.5, 0.6) is 5.75 Å². The standard InChI is InChI=1S/C13H8BrNO3S/c14-10-1-2-11(9(5-10)6-15)18-7-8-3-4-19-12(8)13(16)17/h1-5H,7H2,(H,16,17). The van der Waals surface area contributed by atoms with Crippen molar-refractivity contribution >= 4 is 33.2 Å². The fourth-order valence-corrected chi connectivity index (χ4v) is 2.62. The second kappa shape index (κ2) is 5.87. The van der Waals surface area contributed by atoms with Crippen LogP contribution in [0.4, 0.5) is 0 Å². The molecule has 96 valence electrons. The normalized spacial score (nSPS) is 9.89. The number of carbonyl (C=O) groups is 1. The molecule has 2 rings (SSSR count). The van der Waals surface area contributed by atoms with Crippen molar-refractivity contribution in [1.29, 1.82) is 5.26 Å². The maximum absolute atomic E-state index is 11.0. The van der Waals surface area contributed by atoms with Crippen LogP contribution in [0.3, 0.4) is 0 Å². The molecule has 0 saturated carbocycles. The average molecular weight is 338 g/mol. The molecule has 1 aromatic carbocycles. The summed E-state index contributed by atoms with van der Waals surface area (Å²) in [4.78, 5) is 11.2. The smallest absolute Gasteiger partial charge is 0.346 e. The second-order valence-electron chi connectivity index (χ2n) is 3.62. The van der Waals surface area contributed by atoms with Crippen LogP contribution in [0, 0.1) is 11.3 Å². The highest BCUT2D eigenvalue weighted by Gasteiger charge is 2.13. The summed E-state index contributed by atoms with van der Waals surface area (Å²) in [5, 5.41) is 19.7. The Kier molecular flexibility index (Phi) is 4.20. The number of hydrogen-bond donors (Lipinski definition) is 1. The molecule has 0 radical (unpaired) electrons. The molecule has 2 aromatic rings. The van der Waals surface area contributed by atoms with E-state index in [2.05, 4.69) is 15.9 Å². The highest BCUT2D eigenvalue weighted by Crippen LogP contribution is 2.25. The van der Waals surface area contributed by atoms with E-state index >= 15 is 0 Å². The van der Waals surface area contributed by atoms with Crippen molar-refractivity contribution in [3.63, 3.8) is 0 Å². The SMILES string of the molecule is N#Cc1cc(Br)ccc1OCc1ccsc1C(=O)O. The Morgan fingerprint density at radius 3 is 2.95 bits per heavy atom. The number of benzene rings is 1. The fraction of sp³-hybridized carbons (Fsp3) is 0.0769. The van der Waals surface area contributed by atoms with Crippen molar-refractivity contribution in [3.05, 3.63) is 50.1 Å². The van der Waals surface area contributed by atoms with Gasteiger partial charge in [0.1, 0.15) is 23.3 Å². The number of nitrogens with zero attached hydrogens (tertiary/aromatic N) is 1. The highest BCUT2D eigenvalue weighted by atomic mass is 79.9. The molecule has 1 aromatic heterocycles. The van der Waals surface area contributed by atoms with Crippen LogP contribution in [0.2, 0.25) is 0 Å². The van der Waals surface area contributed by atoms with Gasteiger partial charge < -0.3 is 9.84 Å². The molecule has 0 aliphatic heterocycles. The first-order chi connectivity index (χ1) is 9.11. The Morgan fingerprint density at radius 1 is 1.47 bits per heavy atom. The van der Waals surface area contributed by atoms with Gasteiger partial charge in [0.25, 0.3) is 0 Å². The predicted octanol–water partition coefficient (Wildman–Crippen LogP) is 3.66. The van der Waals surface area contributed by atoms with Gasteiger partial charge in [0.2, 0.25) is 0 Å². The zero-order valence-electron chi connectivity index (χ0n) is 9.59. The summed E-state index contributed by atoms with van der Waals surface area (Å²) in [5.74, 6) is -0.529. The molecule has 0 atom stereocenters. The minimum absolute atomic E-state index is 0.126. The quantitative estimate of drug-likeness (QED) is 0.924. The molecule has 6 heteroatoms. The van der Waals surface area contributed by atoms with Gasteiger partial charge in [0.15, 0.2) is 0 Å². The van der Waals surface area contributed by atoms with E-state index in [1.165, 1.54) is 0 Å². The predicted molar refractivity (Wildman–Crippen MR) is 74.5 cm³/mol. The number of carboxylic acid groups (broad SMARTS) is 1. The van der Waals surface area contributed by atoms with Crippen molar-refractivity contribution in [1.82, 2.24) is 0 Å². The maximum atomic E-state index is 11.0. The number of hydrogen-bond acceptors (Lipinski definition) is 4. The van der Waals surface area contributed by atoms with Crippen LogP contribution in [-0.4, -0.2) is 11.1 Å².